The third-order valence-corrected chi connectivity index (χ3v) is 4.45. The van der Waals surface area contributed by atoms with Crippen LogP contribution in [0, 0.1) is 11.8 Å². The smallest absolute Gasteiger partial charge is 0.854 e. The first-order valence-electron chi connectivity index (χ1n) is 9.17. The molecule has 0 saturated carbocycles. The molecule has 23 heavy (non-hydrogen) atoms. The van der Waals surface area contributed by atoms with Crippen LogP contribution in [0.4, 0.5) is 0 Å². The van der Waals surface area contributed by atoms with Crippen molar-refractivity contribution in [2.75, 3.05) is 52.5 Å². The van der Waals surface area contributed by atoms with Crippen molar-refractivity contribution in [2.45, 2.75) is 54.4 Å². The summed E-state index contributed by atoms with van der Waals surface area (Å²) in [5.41, 5.74) is 0. The molecular weight excluding hydrogens is 340 g/mol. The molecule has 0 heterocycles. The topological polar surface area (TPSA) is 52.6 Å². The molecule has 0 aliphatic carbocycles. The Morgan fingerprint density at radius 2 is 0.870 bits per heavy atom. The Bertz CT molecular complexity index is 163. The van der Waals surface area contributed by atoms with Crippen LogP contribution in [0.15, 0.2) is 0 Å². The summed E-state index contributed by atoms with van der Waals surface area (Å²) in [7, 11) is 0. The molecule has 4 nitrogen and oxygen atoms in total. The summed E-state index contributed by atoms with van der Waals surface area (Å²) in [6.45, 7) is 19.1. The summed E-state index contributed by atoms with van der Waals surface area (Å²) in [6, 6.07) is 0. The van der Waals surface area contributed by atoms with Gasteiger partial charge in [-0.05, 0) is 51.1 Å². The van der Waals surface area contributed by atoms with Crippen LogP contribution in [0.2, 0.25) is 0 Å². The molecule has 2 unspecified atom stereocenters. The summed E-state index contributed by atoms with van der Waals surface area (Å²) >= 11 is 0. The monoisotopic (exact) mass is 379 g/mol. The molecule has 145 valence electrons. The van der Waals surface area contributed by atoms with Gasteiger partial charge in [-0.15, -0.1) is 13.2 Å². The third-order valence-electron chi connectivity index (χ3n) is 4.45. The minimum absolute atomic E-state index is 0. The van der Waals surface area contributed by atoms with Crippen molar-refractivity contribution in [3.8, 4) is 0 Å². The van der Waals surface area contributed by atoms with E-state index in [1.165, 1.54) is 0 Å². The molecule has 0 rings (SSSR count). The van der Waals surface area contributed by atoms with E-state index < -0.39 is 0 Å². The number of rotatable bonds is 12. The van der Waals surface area contributed by atoms with E-state index in [9.17, 15) is 10.2 Å². The van der Waals surface area contributed by atoms with E-state index in [-0.39, 0.29) is 30.3 Å². The van der Waals surface area contributed by atoms with Gasteiger partial charge in [0.1, 0.15) is 0 Å². The molecule has 0 aromatic rings. The van der Waals surface area contributed by atoms with Gasteiger partial charge in [-0.25, -0.2) is 0 Å². The Balaban J connectivity index is -0.000000333. The first-order valence-corrected chi connectivity index (χ1v) is 9.17. The molecule has 0 fully saturated rings. The fourth-order valence-corrected chi connectivity index (χ4v) is 2.29. The normalized spacial score (nSPS) is 13.3. The second-order valence-electron chi connectivity index (χ2n) is 5.85. The van der Waals surface area contributed by atoms with Gasteiger partial charge in [-0.2, -0.15) is 0 Å². The fourth-order valence-electron chi connectivity index (χ4n) is 2.29. The zero-order chi connectivity index (χ0) is 17.4. The average molecular weight is 380 g/mol. The van der Waals surface area contributed by atoms with Crippen molar-refractivity contribution in [3.63, 3.8) is 0 Å². The quantitative estimate of drug-likeness (QED) is 0.481. The zero-order valence-electron chi connectivity index (χ0n) is 16.2. The molecule has 0 bridgehead atoms. The van der Waals surface area contributed by atoms with Crippen molar-refractivity contribution in [2.24, 2.45) is 11.8 Å². The summed E-state index contributed by atoms with van der Waals surface area (Å²) in [5.74, 6) is 0.713. The van der Waals surface area contributed by atoms with Gasteiger partial charge in [0.05, 0.1) is 0 Å². The van der Waals surface area contributed by atoms with Crippen LogP contribution in [-0.2, 0) is 17.1 Å². The van der Waals surface area contributed by atoms with Crippen LogP contribution in [0.3, 0.4) is 0 Å². The SMILES string of the molecule is CCC(C[O-])CN(CC)CC.CCC(C[O-])CN(CC)CC.[Cu+2]. The van der Waals surface area contributed by atoms with Gasteiger partial charge in [0.15, 0.2) is 0 Å². The van der Waals surface area contributed by atoms with E-state index in [0.29, 0.717) is 11.8 Å². The maximum atomic E-state index is 10.6. The maximum absolute atomic E-state index is 10.6. The fraction of sp³-hybridized carbons (Fsp3) is 1.00. The van der Waals surface area contributed by atoms with Crippen molar-refractivity contribution < 1.29 is 27.3 Å². The Kier molecular flexibility index (Phi) is 25.0. The van der Waals surface area contributed by atoms with Crippen LogP contribution in [0.1, 0.15) is 54.4 Å². The molecule has 0 saturated heterocycles. The zero-order valence-corrected chi connectivity index (χ0v) is 17.2. The molecular formula is C18H40CuN2O2. The minimum Gasteiger partial charge on any atom is -0.854 e. The van der Waals surface area contributed by atoms with Gasteiger partial charge in [-0.3, -0.25) is 0 Å². The van der Waals surface area contributed by atoms with E-state index in [1.54, 1.807) is 0 Å². The van der Waals surface area contributed by atoms with Crippen molar-refractivity contribution >= 4 is 0 Å². The van der Waals surface area contributed by atoms with Gasteiger partial charge < -0.3 is 20.0 Å². The van der Waals surface area contributed by atoms with E-state index >= 15 is 0 Å². The molecule has 0 aliphatic rings. The van der Waals surface area contributed by atoms with Gasteiger partial charge >= 0.3 is 17.1 Å². The van der Waals surface area contributed by atoms with Crippen molar-refractivity contribution in [1.29, 1.82) is 0 Å². The van der Waals surface area contributed by atoms with Crippen LogP contribution < -0.4 is 10.2 Å². The number of hydrogen-bond acceptors (Lipinski definition) is 4. The number of hydrogen-bond donors (Lipinski definition) is 0. The summed E-state index contributed by atoms with van der Waals surface area (Å²) in [4.78, 5) is 4.62. The maximum Gasteiger partial charge on any atom is 2.00 e. The molecule has 0 aliphatic heterocycles. The van der Waals surface area contributed by atoms with E-state index in [2.05, 4.69) is 51.3 Å². The summed E-state index contributed by atoms with van der Waals surface area (Å²) in [6.07, 6.45) is 2.03. The van der Waals surface area contributed by atoms with Gasteiger partial charge in [0.25, 0.3) is 0 Å². The van der Waals surface area contributed by atoms with Crippen LogP contribution in [-0.4, -0.2) is 62.3 Å². The molecule has 0 amide bonds. The molecule has 0 spiro atoms. The average Bonchev–Trinajstić information content (AvgIpc) is 2.58. The van der Waals surface area contributed by atoms with Crippen molar-refractivity contribution in [3.05, 3.63) is 0 Å². The molecule has 0 N–H and O–H groups in total. The third kappa shape index (κ3) is 15.6. The number of nitrogens with zero attached hydrogens (tertiary/aromatic N) is 2. The second kappa shape index (κ2) is 20.4. The van der Waals surface area contributed by atoms with E-state index in [1.807, 2.05) is 0 Å². The van der Waals surface area contributed by atoms with Gasteiger partial charge in [-0.1, -0.05) is 54.4 Å². The Hall–Kier alpha value is 0.359. The predicted octanol–water partition coefficient (Wildman–Crippen LogP) is 1.43. The molecule has 0 aromatic heterocycles. The van der Waals surface area contributed by atoms with E-state index in [4.69, 9.17) is 0 Å². The first kappa shape index (κ1) is 28.2. The Morgan fingerprint density at radius 3 is 1.00 bits per heavy atom. The van der Waals surface area contributed by atoms with Gasteiger partial charge in [0.2, 0.25) is 0 Å². The van der Waals surface area contributed by atoms with Gasteiger partial charge in [0, 0.05) is 0 Å². The standard InChI is InChI=1S/2C9H20NO.Cu/c2*1-4-9(8-11)7-10(5-2)6-3;/h2*9H,4-8H2,1-3H3;/q2*-1;+2. The molecule has 2 atom stereocenters. The van der Waals surface area contributed by atoms with Crippen LogP contribution >= 0.6 is 0 Å². The van der Waals surface area contributed by atoms with Crippen molar-refractivity contribution in [1.82, 2.24) is 9.80 Å². The minimum atomic E-state index is 0. The molecule has 1 radical (unpaired) electrons. The van der Waals surface area contributed by atoms with Crippen LogP contribution in [0.5, 0.6) is 0 Å². The first-order chi connectivity index (χ1) is 10.6. The summed E-state index contributed by atoms with van der Waals surface area (Å²) in [5, 5.41) is 21.2. The Labute approximate surface area is 156 Å². The molecule has 0 aromatic carbocycles. The predicted molar refractivity (Wildman–Crippen MR) is 92.9 cm³/mol. The Morgan fingerprint density at radius 1 is 0.609 bits per heavy atom. The second-order valence-corrected chi connectivity index (χ2v) is 5.85. The largest absolute Gasteiger partial charge is 2.00 e. The molecule has 5 heteroatoms. The van der Waals surface area contributed by atoms with E-state index in [0.717, 1.165) is 52.1 Å². The van der Waals surface area contributed by atoms with Crippen LogP contribution in [0.25, 0.3) is 0 Å². The summed E-state index contributed by atoms with van der Waals surface area (Å²) < 4.78 is 0.